The van der Waals surface area contributed by atoms with Gasteiger partial charge in [0.1, 0.15) is 18.0 Å². The van der Waals surface area contributed by atoms with Crippen LogP contribution in [-0.2, 0) is 33.7 Å². The molecule has 0 unspecified atom stereocenters. The molecule has 4 amide bonds. The number of fused-ring (bicyclic) bond motifs is 1. The molecule has 3 fully saturated rings. The molecule has 258 valence electrons. The Morgan fingerprint density at radius 3 is 2.35 bits per heavy atom. The number of phosphoric ester groups is 1. The minimum atomic E-state index is -4.76. The normalized spacial score (nSPS) is 20.0. The molecule has 14 heteroatoms. The van der Waals surface area contributed by atoms with E-state index in [0.29, 0.717) is 5.56 Å². The van der Waals surface area contributed by atoms with Gasteiger partial charge < -0.3 is 24.5 Å². The average molecular weight is 689 g/mol. The summed E-state index contributed by atoms with van der Waals surface area (Å²) in [5.41, 5.74) is 3.61. The quantitative estimate of drug-likeness (QED) is 0.204. The maximum absolute atomic E-state index is 14.5. The number of nitrogens with one attached hydrogen (secondary N) is 1. The van der Waals surface area contributed by atoms with Gasteiger partial charge in [0.05, 0.1) is 13.1 Å². The monoisotopic (exact) mass is 688 g/mol. The summed E-state index contributed by atoms with van der Waals surface area (Å²) in [6.45, 7) is 6.49. The first-order valence-electron chi connectivity index (χ1n) is 16.3. The number of amides is 4. The van der Waals surface area contributed by atoms with Crippen LogP contribution in [0.1, 0.15) is 29.5 Å². The van der Waals surface area contributed by atoms with Crippen molar-refractivity contribution in [2.75, 3.05) is 37.6 Å². The van der Waals surface area contributed by atoms with Crippen molar-refractivity contribution in [3.05, 3.63) is 108 Å². The molecule has 49 heavy (non-hydrogen) atoms. The van der Waals surface area contributed by atoms with Crippen LogP contribution in [0.4, 0.5) is 10.5 Å². The Labute approximate surface area is 285 Å². The fourth-order valence-corrected chi connectivity index (χ4v) is 7.26. The van der Waals surface area contributed by atoms with E-state index in [1.165, 1.54) is 17.0 Å². The predicted octanol–water partition coefficient (Wildman–Crippen LogP) is 3.49. The highest BCUT2D eigenvalue weighted by Crippen LogP contribution is 2.38. The lowest BCUT2D eigenvalue weighted by Gasteiger charge is -2.55. The zero-order valence-corrected chi connectivity index (χ0v) is 28.0. The number of piperazine rings is 1. The van der Waals surface area contributed by atoms with Gasteiger partial charge in [0.15, 0.2) is 0 Å². The largest absolute Gasteiger partial charge is 0.524 e. The lowest BCUT2D eigenvalue weighted by Crippen LogP contribution is -2.76. The van der Waals surface area contributed by atoms with Crippen molar-refractivity contribution in [3.8, 4) is 5.75 Å². The van der Waals surface area contributed by atoms with Crippen LogP contribution in [0.15, 0.2) is 91.5 Å². The summed E-state index contributed by atoms with van der Waals surface area (Å²) in [7, 11) is -4.76. The number of para-hydroxylation sites is 1. The number of nitrogens with zero attached hydrogens (tertiary/aromatic N) is 5. The van der Waals surface area contributed by atoms with E-state index in [1.54, 1.807) is 33.1 Å². The van der Waals surface area contributed by atoms with E-state index in [0.717, 1.165) is 42.7 Å². The molecule has 3 aliphatic rings. The molecule has 0 aromatic heterocycles. The summed E-state index contributed by atoms with van der Waals surface area (Å²) in [5, 5.41) is 6.21. The molecule has 13 nitrogen and oxygen atoms in total. The zero-order chi connectivity index (χ0) is 34.5. The van der Waals surface area contributed by atoms with E-state index < -0.39 is 26.1 Å². The van der Waals surface area contributed by atoms with Gasteiger partial charge in [-0.3, -0.25) is 19.4 Å². The number of benzene rings is 3. The number of carbonyl (C=O) groups is 3. The van der Waals surface area contributed by atoms with Crippen LogP contribution in [0.3, 0.4) is 0 Å². The first-order chi connectivity index (χ1) is 23.6. The third-order valence-electron chi connectivity index (χ3n) is 9.04. The summed E-state index contributed by atoms with van der Waals surface area (Å²) in [6, 6.07) is 22.2. The van der Waals surface area contributed by atoms with Crippen molar-refractivity contribution in [1.82, 2.24) is 25.1 Å². The van der Waals surface area contributed by atoms with E-state index in [4.69, 9.17) is 4.52 Å². The molecule has 6 rings (SSSR count). The van der Waals surface area contributed by atoms with Gasteiger partial charge in [0, 0.05) is 44.8 Å². The Kier molecular flexibility index (Phi) is 10.4. The third-order valence-corrected chi connectivity index (χ3v) is 9.49. The Morgan fingerprint density at radius 2 is 1.65 bits per heavy atom. The van der Waals surface area contributed by atoms with Crippen molar-refractivity contribution in [3.63, 3.8) is 0 Å². The number of anilines is 1. The SMILES string of the molecule is C=CCN1CC(=O)N2[C@@H](Cc3ccc(OP(=O)(O)O)cc3)C(=O)N(Cc3ccccc3N3CCCC3)C[C@@H]2N1C(=O)NCc1ccccc1. The van der Waals surface area contributed by atoms with Crippen LogP contribution < -0.4 is 14.7 Å². The number of urea groups is 1. The highest BCUT2D eigenvalue weighted by atomic mass is 31.2. The van der Waals surface area contributed by atoms with E-state index in [9.17, 15) is 28.7 Å². The van der Waals surface area contributed by atoms with Crippen LogP contribution in [-0.4, -0.2) is 92.4 Å². The first kappa shape index (κ1) is 34.2. The van der Waals surface area contributed by atoms with Gasteiger partial charge >= 0.3 is 13.9 Å². The van der Waals surface area contributed by atoms with Gasteiger partial charge in [-0.25, -0.2) is 19.4 Å². The van der Waals surface area contributed by atoms with Crippen LogP contribution in [0.2, 0.25) is 0 Å². The maximum Gasteiger partial charge on any atom is 0.524 e. The summed E-state index contributed by atoms with van der Waals surface area (Å²) < 4.78 is 16.0. The minimum absolute atomic E-state index is 0.0274. The molecule has 0 radical (unpaired) electrons. The topological polar surface area (TPSA) is 146 Å². The van der Waals surface area contributed by atoms with Crippen molar-refractivity contribution >= 4 is 31.4 Å². The highest BCUT2D eigenvalue weighted by Gasteiger charge is 2.51. The molecule has 0 aliphatic carbocycles. The fraction of sp³-hybridized carbons (Fsp3) is 0.343. The fourth-order valence-electron chi connectivity index (χ4n) is 6.86. The van der Waals surface area contributed by atoms with Gasteiger partial charge in [-0.2, -0.15) is 0 Å². The molecule has 0 spiro atoms. The third kappa shape index (κ3) is 7.97. The number of hydrazine groups is 1. The zero-order valence-electron chi connectivity index (χ0n) is 27.1. The average Bonchev–Trinajstić information content (AvgIpc) is 3.62. The standard InChI is InChI=1S/C35H41N6O7P/c1-2-18-39-25-33(42)40-31(21-26-14-16-29(17-15-26)48-49(45,46)47)34(43)38(23-28-12-6-7-13-30(28)37-19-8-9-20-37)24-32(40)41(39)35(44)36-22-27-10-4-3-5-11-27/h2-7,10-17,31-32H,1,8-9,18-25H2,(H,36,44)(H2,45,46,47)/t31-,32-/m0/s1. The predicted molar refractivity (Wildman–Crippen MR) is 183 cm³/mol. The number of hydrogen-bond acceptors (Lipinski definition) is 7. The van der Waals surface area contributed by atoms with E-state index in [-0.39, 0.29) is 56.7 Å². The Morgan fingerprint density at radius 1 is 0.959 bits per heavy atom. The number of carbonyl (C=O) groups excluding carboxylic acids is 3. The minimum Gasteiger partial charge on any atom is -0.404 e. The van der Waals surface area contributed by atoms with E-state index in [1.807, 2.05) is 48.5 Å². The molecule has 3 heterocycles. The number of rotatable bonds is 11. The summed E-state index contributed by atoms with van der Waals surface area (Å²) in [6.07, 6.45) is 3.14. The van der Waals surface area contributed by atoms with Gasteiger partial charge in [-0.15, -0.1) is 6.58 Å². The van der Waals surface area contributed by atoms with Crippen LogP contribution >= 0.6 is 7.82 Å². The van der Waals surface area contributed by atoms with Gasteiger partial charge in [0.2, 0.25) is 11.8 Å². The second kappa shape index (κ2) is 14.8. The maximum atomic E-state index is 14.5. The second-order valence-electron chi connectivity index (χ2n) is 12.4. The molecule has 3 aromatic rings. The Hall–Kier alpha value is -4.68. The van der Waals surface area contributed by atoms with Crippen molar-refractivity contribution in [2.45, 2.75) is 44.6 Å². The molecule has 2 atom stereocenters. The molecule has 3 aliphatic heterocycles. The molecule has 0 bridgehead atoms. The van der Waals surface area contributed by atoms with Crippen molar-refractivity contribution in [1.29, 1.82) is 0 Å². The van der Waals surface area contributed by atoms with E-state index in [2.05, 4.69) is 22.9 Å². The smallest absolute Gasteiger partial charge is 0.404 e. The van der Waals surface area contributed by atoms with Gasteiger partial charge in [0.25, 0.3) is 0 Å². The Balaban J connectivity index is 1.34. The summed E-state index contributed by atoms with van der Waals surface area (Å²) in [5.74, 6) is -0.575. The van der Waals surface area contributed by atoms with Crippen molar-refractivity contribution < 1.29 is 33.3 Å². The first-order valence-corrected chi connectivity index (χ1v) is 17.9. The van der Waals surface area contributed by atoms with Gasteiger partial charge in [-0.05, 0) is 47.7 Å². The van der Waals surface area contributed by atoms with Gasteiger partial charge in [-0.1, -0.05) is 66.7 Å². The summed E-state index contributed by atoms with van der Waals surface area (Å²) >= 11 is 0. The summed E-state index contributed by atoms with van der Waals surface area (Å²) in [4.78, 5) is 66.4. The number of hydrogen-bond donors (Lipinski definition) is 3. The molecule has 3 aromatic carbocycles. The van der Waals surface area contributed by atoms with Crippen LogP contribution in [0.25, 0.3) is 0 Å². The lowest BCUT2D eigenvalue weighted by atomic mass is 9.98. The molecule has 3 saturated heterocycles. The van der Waals surface area contributed by atoms with Crippen LogP contribution in [0, 0.1) is 0 Å². The number of phosphoric acid groups is 1. The van der Waals surface area contributed by atoms with E-state index >= 15 is 0 Å². The molecular weight excluding hydrogens is 647 g/mol. The van der Waals surface area contributed by atoms with Crippen molar-refractivity contribution in [2.24, 2.45) is 0 Å². The molecule has 3 N–H and O–H groups in total. The molecular formula is C35H41N6O7P. The molecule has 0 saturated carbocycles. The lowest BCUT2D eigenvalue weighted by molar-refractivity contribution is -0.189. The Bertz CT molecular complexity index is 1710. The second-order valence-corrected chi connectivity index (χ2v) is 13.6. The van der Waals surface area contributed by atoms with Crippen LogP contribution in [0.5, 0.6) is 5.75 Å². The highest BCUT2D eigenvalue weighted by molar-refractivity contribution is 7.46.